The van der Waals surface area contributed by atoms with E-state index >= 15 is 0 Å². The number of rotatable bonds is 6. The van der Waals surface area contributed by atoms with Crippen molar-refractivity contribution in [1.82, 2.24) is 9.80 Å². The summed E-state index contributed by atoms with van der Waals surface area (Å²) in [5, 5.41) is -0.420. The lowest BCUT2D eigenvalue weighted by Crippen LogP contribution is -2.60. The van der Waals surface area contributed by atoms with Gasteiger partial charge in [0.1, 0.15) is 11.9 Å². The third-order valence-electron chi connectivity index (χ3n) is 5.44. The molecule has 1 aromatic rings. The maximum Gasteiger partial charge on any atom is 0.180 e. The maximum atomic E-state index is 12.3. The average Bonchev–Trinajstić information content (AvgIpc) is 2.55. The Morgan fingerprint density at radius 3 is 2.48 bits per heavy atom. The molecule has 2 aliphatic rings. The van der Waals surface area contributed by atoms with Crippen LogP contribution in [-0.2, 0) is 9.84 Å². The van der Waals surface area contributed by atoms with Crippen LogP contribution in [0, 0.1) is 0 Å². The molecule has 0 aliphatic carbocycles. The van der Waals surface area contributed by atoms with E-state index in [-0.39, 0.29) is 6.10 Å². The van der Waals surface area contributed by atoms with E-state index in [2.05, 4.69) is 16.7 Å². The number of likely N-dealkylation sites (tertiary alicyclic amines) is 2. The lowest BCUT2D eigenvalue weighted by molar-refractivity contribution is 0.00330. The van der Waals surface area contributed by atoms with Gasteiger partial charge < -0.3 is 9.64 Å². The van der Waals surface area contributed by atoms with Crippen LogP contribution in [0.15, 0.2) is 29.2 Å². The van der Waals surface area contributed by atoms with Crippen molar-refractivity contribution in [1.29, 1.82) is 0 Å². The molecule has 0 spiro atoms. The number of nitrogens with zero attached hydrogens (tertiary/aromatic N) is 2. The highest BCUT2D eigenvalue weighted by Crippen LogP contribution is 2.26. The van der Waals surface area contributed by atoms with Crippen LogP contribution >= 0.6 is 0 Å². The second-order valence-electron chi connectivity index (χ2n) is 7.43. The van der Waals surface area contributed by atoms with E-state index in [1.807, 2.05) is 6.07 Å². The van der Waals surface area contributed by atoms with Crippen molar-refractivity contribution in [3.8, 4) is 5.75 Å². The van der Waals surface area contributed by atoms with Gasteiger partial charge in [-0.15, -0.1) is 0 Å². The van der Waals surface area contributed by atoms with Crippen molar-refractivity contribution in [2.75, 3.05) is 32.7 Å². The molecule has 0 atom stereocenters. The lowest BCUT2D eigenvalue weighted by atomic mass is 10.0. The Balaban J connectivity index is 1.54. The number of hydrogen-bond donors (Lipinski definition) is 0. The second-order valence-corrected chi connectivity index (χ2v) is 9.93. The zero-order valence-electron chi connectivity index (χ0n) is 15.5. The van der Waals surface area contributed by atoms with Crippen LogP contribution in [0.25, 0.3) is 0 Å². The summed E-state index contributed by atoms with van der Waals surface area (Å²) in [7, 11) is -3.26. The average molecular weight is 367 g/mol. The van der Waals surface area contributed by atoms with E-state index in [9.17, 15) is 8.42 Å². The van der Waals surface area contributed by atoms with E-state index in [1.165, 1.54) is 13.1 Å². The number of hydrogen-bond acceptors (Lipinski definition) is 5. The fourth-order valence-electron chi connectivity index (χ4n) is 3.58. The monoisotopic (exact) mass is 366 g/mol. The molecule has 0 aromatic heterocycles. The SMILES string of the molecule is CCN1CC(N2CCC(Oc3cccc(S(=O)(=O)C(C)C)c3)CC2)C1. The van der Waals surface area contributed by atoms with E-state index < -0.39 is 15.1 Å². The molecule has 0 saturated carbocycles. The van der Waals surface area contributed by atoms with Gasteiger partial charge in [-0.3, -0.25) is 4.90 Å². The van der Waals surface area contributed by atoms with Crippen molar-refractivity contribution in [2.45, 2.75) is 55.9 Å². The van der Waals surface area contributed by atoms with Gasteiger partial charge in [0, 0.05) is 32.2 Å². The largest absolute Gasteiger partial charge is 0.490 e. The number of benzene rings is 1. The minimum Gasteiger partial charge on any atom is -0.490 e. The molecule has 2 aliphatic heterocycles. The van der Waals surface area contributed by atoms with Crippen LogP contribution in [-0.4, -0.2) is 68.3 Å². The molecule has 1 aromatic carbocycles. The highest BCUT2D eigenvalue weighted by Gasteiger charge is 2.33. The lowest BCUT2D eigenvalue weighted by Gasteiger charge is -2.47. The summed E-state index contributed by atoms with van der Waals surface area (Å²) in [5.74, 6) is 0.668. The number of likely N-dealkylation sites (N-methyl/N-ethyl adjacent to an activating group) is 1. The molecule has 0 unspecified atom stereocenters. The smallest absolute Gasteiger partial charge is 0.180 e. The van der Waals surface area contributed by atoms with E-state index in [1.54, 1.807) is 32.0 Å². The van der Waals surface area contributed by atoms with Crippen LogP contribution in [0.1, 0.15) is 33.6 Å². The molecule has 25 heavy (non-hydrogen) atoms. The molecule has 3 rings (SSSR count). The van der Waals surface area contributed by atoms with Crippen LogP contribution in [0.4, 0.5) is 0 Å². The Morgan fingerprint density at radius 2 is 1.88 bits per heavy atom. The minimum absolute atomic E-state index is 0.176. The van der Waals surface area contributed by atoms with Gasteiger partial charge in [-0.05, 0) is 51.4 Å². The van der Waals surface area contributed by atoms with E-state index in [0.717, 1.165) is 32.5 Å². The maximum absolute atomic E-state index is 12.3. The standard InChI is InChI=1S/C19H30N2O3S/c1-4-20-13-16(14-20)21-10-8-17(9-11-21)24-18-6-5-7-19(12-18)25(22,23)15(2)3/h5-7,12,15-17H,4,8-11,13-14H2,1-3H3. The Morgan fingerprint density at radius 1 is 1.20 bits per heavy atom. The van der Waals surface area contributed by atoms with Crippen molar-refractivity contribution < 1.29 is 13.2 Å². The van der Waals surface area contributed by atoms with Gasteiger partial charge in [0.25, 0.3) is 0 Å². The predicted molar refractivity (Wildman–Crippen MR) is 99.9 cm³/mol. The van der Waals surface area contributed by atoms with Crippen molar-refractivity contribution in [2.24, 2.45) is 0 Å². The molecule has 140 valence electrons. The van der Waals surface area contributed by atoms with Gasteiger partial charge >= 0.3 is 0 Å². The second kappa shape index (κ2) is 7.64. The van der Waals surface area contributed by atoms with E-state index in [0.29, 0.717) is 16.7 Å². The van der Waals surface area contributed by atoms with Crippen LogP contribution in [0.2, 0.25) is 0 Å². The van der Waals surface area contributed by atoms with Crippen LogP contribution in [0.5, 0.6) is 5.75 Å². The molecular weight excluding hydrogens is 336 g/mol. The summed E-state index contributed by atoms with van der Waals surface area (Å²) < 4.78 is 30.7. The first kappa shape index (κ1) is 18.7. The molecule has 0 amide bonds. The normalized spacial score (nSPS) is 21.4. The van der Waals surface area contributed by atoms with Crippen molar-refractivity contribution in [3.63, 3.8) is 0 Å². The molecule has 6 heteroatoms. The predicted octanol–water partition coefficient (Wildman–Crippen LogP) is 2.42. The molecular formula is C19H30N2O3S. The first-order chi connectivity index (χ1) is 11.9. The first-order valence-electron chi connectivity index (χ1n) is 9.37. The van der Waals surface area contributed by atoms with Gasteiger partial charge in [0.15, 0.2) is 9.84 Å². The number of piperidine rings is 1. The Labute approximate surface area is 151 Å². The van der Waals surface area contributed by atoms with Gasteiger partial charge in [0.05, 0.1) is 10.1 Å². The first-order valence-corrected chi connectivity index (χ1v) is 10.9. The molecule has 0 bridgehead atoms. The molecule has 0 radical (unpaired) electrons. The summed E-state index contributed by atoms with van der Waals surface area (Å²) >= 11 is 0. The van der Waals surface area contributed by atoms with Gasteiger partial charge in [-0.25, -0.2) is 8.42 Å². The summed E-state index contributed by atoms with van der Waals surface area (Å²) in [6, 6.07) is 7.66. The summed E-state index contributed by atoms with van der Waals surface area (Å²) in [5.41, 5.74) is 0. The van der Waals surface area contributed by atoms with Crippen molar-refractivity contribution >= 4 is 9.84 Å². The number of ether oxygens (including phenoxy) is 1. The highest BCUT2D eigenvalue weighted by atomic mass is 32.2. The van der Waals surface area contributed by atoms with Crippen LogP contribution in [0.3, 0.4) is 0 Å². The quantitative estimate of drug-likeness (QED) is 0.774. The van der Waals surface area contributed by atoms with E-state index in [4.69, 9.17) is 4.74 Å². The molecule has 2 saturated heterocycles. The Hall–Kier alpha value is -1.11. The molecule has 2 heterocycles. The zero-order valence-corrected chi connectivity index (χ0v) is 16.3. The molecule has 5 nitrogen and oxygen atoms in total. The third-order valence-corrected chi connectivity index (χ3v) is 7.59. The Bertz CT molecular complexity index is 676. The summed E-state index contributed by atoms with van der Waals surface area (Å²) in [6.07, 6.45) is 2.18. The fourth-order valence-corrected chi connectivity index (χ4v) is 4.67. The molecule has 2 fully saturated rings. The highest BCUT2D eigenvalue weighted by molar-refractivity contribution is 7.92. The fraction of sp³-hybridized carbons (Fsp3) is 0.684. The summed E-state index contributed by atoms with van der Waals surface area (Å²) in [4.78, 5) is 5.39. The van der Waals surface area contributed by atoms with Gasteiger partial charge in [-0.1, -0.05) is 13.0 Å². The molecule has 0 N–H and O–H groups in total. The number of sulfone groups is 1. The Kier molecular flexibility index (Phi) is 5.71. The van der Waals surface area contributed by atoms with Gasteiger partial charge in [-0.2, -0.15) is 0 Å². The van der Waals surface area contributed by atoms with Crippen LogP contribution < -0.4 is 4.74 Å². The topological polar surface area (TPSA) is 49.9 Å². The van der Waals surface area contributed by atoms with Crippen molar-refractivity contribution in [3.05, 3.63) is 24.3 Å². The zero-order chi connectivity index (χ0) is 18.0. The third kappa shape index (κ3) is 4.18. The minimum atomic E-state index is -3.26. The van der Waals surface area contributed by atoms with Gasteiger partial charge in [0.2, 0.25) is 0 Å². The summed E-state index contributed by atoms with van der Waals surface area (Å²) in [6.45, 7) is 11.3.